The van der Waals surface area contributed by atoms with E-state index in [0.717, 1.165) is 72.8 Å². The number of nitriles is 1. The van der Waals surface area contributed by atoms with Crippen molar-refractivity contribution in [3.63, 3.8) is 0 Å². The second-order valence-electron chi connectivity index (χ2n) is 18.0. The number of anilines is 3. The van der Waals surface area contributed by atoms with Crippen LogP contribution in [0.25, 0.3) is 77.2 Å². The smallest absolute Gasteiger partial charge is 0.416 e. The largest absolute Gasteiger partial charge is 0.453 e. The highest BCUT2D eigenvalue weighted by molar-refractivity contribution is 6.16. The van der Waals surface area contributed by atoms with Gasteiger partial charge in [-0.2, -0.15) is 57.9 Å². The zero-order chi connectivity index (χ0) is 53.2. The zero-order valence-corrected chi connectivity index (χ0v) is 38.6. The molecule has 0 radical (unpaired) electrons. The third-order valence-electron chi connectivity index (χ3n) is 13.6. The van der Waals surface area contributed by atoms with Gasteiger partial charge in [0, 0.05) is 32.7 Å². The molecular formula is C59H30F12N4O. The van der Waals surface area contributed by atoms with E-state index in [1.54, 1.807) is 114 Å². The summed E-state index contributed by atoms with van der Waals surface area (Å²) in [5.74, 6) is 0.479. The normalized spacial score (nSPS) is 13.1. The molecule has 12 rings (SSSR count). The molecule has 0 fully saturated rings. The van der Waals surface area contributed by atoms with Gasteiger partial charge in [-0.25, -0.2) is 0 Å². The zero-order valence-electron chi connectivity index (χ0n) is 38.6. The van der Waals surface area contributed by atoms with Crippen molar-refractivity contribution < 1.29 is 57.4 Å². The fourth-order valence-electron chi connectivity index (χ4n) is 10.4. The maximum Gasteiger partial charge on any atom is 0.416 e. The Morgan fingerprint density at radius 3 is 0.961 bits per heavy atom. The first-order valence-electron chi connectivity index (χ1n) is 23.1. The molecule has 11 aromatic rings. The Bertz CT molecular complexity index is 3820. The van der Waals surface area contributed by atoms with Gasteiger partial charge in [-0.3, -0.25) is 4.90 Å². The van der Waals surface area contributed by atoms with Crippen LogP contribution in [-0.4, -0.2) is 9.13 Å². The van der Waals surface area contributed by atoms with E-state index in [1.807, 2.05) is 0 Å². The Morgan fingerprint density at radius 1 is 0.355 bits per heavy atom. The van der Waals surface area contributed by atoms with Crippen LogP contribution in [0.4, 0.5) is 69.7 Å². The summed E-state index contributed by atoms with van der Waals surface area (Å²) in [6.07, 6.45) is -19.9. The van der Waals surface area contributed by atoms with Crippen molar-refractivity contribution in [1.29, 1.82) is 5.26 Å². The first-order chi connectivity index (χ1) is 36.2. The Labute approximate surface area is 421 Å². The standard InChI is InChI=1S/C59H30F12N4O/c60-56(61,62)34-19-23-43-38(27-34)39-28-35(57(63,64)65)20-24-44(39)73(43)53-51(32-11-3-1-4-12-32)42(31-72)52(33-13-5-2-6-14-33)54(55(53)75-47-15-7-9-17-49(47)76-50-18-10-8-16-48(50)75)74-45-25-21-36(58(66,67)68)29-40(45)41-30-37(59(69,70)71)22-26-46(41)74/h1-30H. The molecule has 0 N–H and O–H groups in total. The summed E-state index contributed by atoms with van der Waals surface area (Å²) in [5.41, 5.74) is -3.73. The van der Waals surface area contributed by atoms with Gasteiger partial charge in [0.1, 0.15) is 6.07 Å². The summed E-state index contributed by atoms with van der Waals surface area (Å²) in [7, 11) is 0. The van der Waals surface area contributed by atoms with Crippen LogP contribution in [0.15, 0.2) is 182 Å². The molecule has 1 aliphatic heterocycles. The number of hydrogen-bond acceptors (Lipinski definition) is 3. The third-order valence-corrected chi connectivity index (χ3v) is 13.6. The van der Waals surface area contributed by atoms with Gasteiger partial charge in [-0.15, -0.1) is 0 Å². The summed E-state index contributed by atoms with van der Waals surface area (Å²) in [4.78, 5) is 1.72. The number of alkyl halides is 12. The molecule has 76 heavy (non-hydrogen) atoms. The Balaban J connectivity index is 1.42. The highest BCUT2D eigenvalue weighted by Crippen LogP contribution is 2.59. The average Bonchev–Trinajstić information content (AvgIpc) is 3.97. The minimum Gasteiger partial charge on any atom is -0.453 e. The molecule has 9 aromatic carbocycles. The Morgan fingerprint density at radius 2 is 0.658 bits per heavy atom. The maximum absolute atomic E-state index is 14.8. The predicted octanol–water partition coefficient (Wildman–Crippen LogP) is 18.7. The highest BCUT2D eigenvalue weighted by Gasteiger charge is 2.41. The Kier molecular flexibility index (Phi) is 10.7. The molecule has 376 valence electrons. The van der Waals surface area contributed by atoms with Crippen LogP contribution in [-0.2, 0) is 24.7 Å². The van der Waals surface area contributed by atoms with Gasteiger partial charge in [-0.05, 0) is 108 Å². The van der Waals surface area contributed by atoms with Crippen LogP contribution in [0.1, 0.15) is 27.8 Å². The lowest BCUT2D eigenvalue weighted by atomic mass is 9.86. The summed E-state index contributed by atoms with van der Waals surface area (Å²) in [6.45, 7) is 0. The lowest BCUT2D eigenvalue weighted by Gasteiger charge is -2.38. The number of ether oxygens (including phenoxy) is 1. The molecular weight excluding hydrogens is 1010 g/mol. The van der Waals surface area contributed by atoms with Crippen LogP contribution in [0.3, 0.4) is 0 Å². The van der Waals surface area contributed by atoms with Gasteiger partial charge in [-0.1, -0.05) is 84.9 Å². The van der Waals surface area contributed by atoms with E-state index in [1.165, 1.54) is 9.13 Å². The van der Waals surface area contributed by atoms with E-state index >= 15 is 0 Å². The first-order valence-corrected chi connectivity index (χ1v) is 23.1. The van der Waals surface area contributed by atoms with Crippen LogP contribution >= 0.6 is 0 Å². The molecule has 2 aromatic heterocycles. The monoisotopic (exact) mass is 1040 g/mol. The topological polar surface area (TPSA) is 46.1 Å². The fraction of sp³-hybridized carbons (Fsp3) is 0.0678. The van der Waals surface area contributed by atoms with Gasteiger partial charge < -0.3 is 13.9 Å². The van der Waals surface area contributed by atoms with E-state index < -0.39 is 47.0 Å². The molecule has 0 bridgehead atoms. The molecule has 0 saturated heterocycles. The van der Waals surface area contributed by atoms with Crippen LogP contribution in [0, 0.1) is 11.3 Å². The van der Waals surface area contributed by atoms with Crippen LogP contribution in [0.2, 0.25) is 0 Å². The molecule has 1 aliphatic rings. The average molecular weight is 1040 g/mol. The minimum absolute atomic E-state index is 0.0251. The van der Waals surface area contributed by atoms with E-state index in [0.29, 0.717) is 22.5 Å². The molecule has 0 unspecified atom stereocenters. The number of aromatic nitrogens is 2. The van der Waals surface area contributed by atoms with Crippen molar-refractivity contribution in [2.45, 2.75) is 24.7 Å². The van der Waals surface area contributed by atoms with Crippen LogP contribution < -0.4 is 9.64 Å². The quantitative estimate of drug-likeness (QED) is 0.161. The third kappa shape index (κ3) is 7.57. The van der Waals surface area contributed by atoms with Gasteiger partial charge in [0.2, 0.25) is 0 Å². The van der Waals surface area contributed by atoms with Crippen molar-refractivity contribution in [3.8, 4) is 51.2 Å². The maximum atomic E-state index is 14.8. The van der Waals surface area contributed by atoms with Crippen molar-refractivity contribution in [1.82, 2.24) is 9.13 Å². The van der Waals surface area contributed by atoms with Crippen LogP contribution in [0.5, 0.6) is 11.5 Å². The molecule has 0 atom stereocenters. The molecule has 17 heteroatoms. The highest BCUT2D eigenvalue weighted by atomic mass is 19.4. The first kappa shape index (κ1) is 47.8. The second-order valence-corrected chi connectivity index (χ2v) is 18.0. The molecule has 0 amide bonds. The SMILES string of the molecule is N#Cc1c(-c2ccccc2)c(-n2c3ccc(C(F)(F)F)cc3c3cc(C(F)(F)F)ccc32)c(N2c3ccccc3Oc3ccccc32)c(-n2c3ccc(C(F)(F)F)cc3c3cc(C(F)(F)F)ccc32)c1-c1ccccc1. The second kappa shape index (κ2) is 16.9. The van der Waals surface area contributed by atoms with E-state index in [4.69, 9.17) is 4.74 Å². The summed E-state index contributed by atoms with van der Waals surface area (Å²) in [5, 5.41) is 10.9. The van der Waals surface area contributed by atoms with Gasteiger partial charge in [0.05, 0.1) is 78.3 Å². The molecule has 5 nitrogen and oxygen atoms in total. The molecule has 0 spiro atoms. The number of para-hydroxylation sites is 4. The summed E-state index contributed by atoms with van der Waals surface area (Å²) >= 11 is 0. The minimum atomic E-state index is -4.97. The van der Waals surface area contributed by atoms with E-state index in [-0.39, 0.29) is 88.9 Å². The van der Waals surface area contributed by atoms with E-state index in [2.05, 4.69) is 6.07 Å². The van der Waals surface area contributed by atoms with Crippen molar-refractivity contribution >= 4 is 60.7 Å². The molecule has 3 heterocycles. The predicted molar refractivity (Wildman–Crippen MR) is 265 cm³/mol. The van der Waals surface area contributed by atoms with E-state index in [9.17, 15) is 57.9 Å². The number of hydrogen-bond donors (Lipinski definition) is 0. The molecule has 0 saturated carbocycles. The number of nitrogens with zero attached hydrogens (tertiary/aromatic N) is 4. The van der Waals surface area contributed by atoms with Gasteiger partial charge in [0.25, 0.3) is 0 Å². The van der Waals surface area contributed by atoms with Crippen molar-refractivity contribution in [2.75, 3.05) is 4.90 Å². The summed E-state index contributed by atoms with van der Waals surface area (Å²) < 4.78 is 187. The number of fused-ring (bicyclic) bond motifs is 8. The summed E-state index contributed by atoms with van der Waals surface area (Å²) in [6, 6.07) is 42.9. The lowest BCUT2D eigenvalue weighted by Crippen LogP contribution is -2.22. The van der Waals surface area contributed by atoms with Gasteiger partial charge in [0.15, 0.2) is 11.5 Å². The van der Waals surface area contributed by atoms with Gasteiger partial charge >= 0.3 is 24.7 Å². The molecule has 0 aliphatic carbocycles. The number of halogens is 12. The van der Waals surface area contributed by atoms with Crippen molar-refractivity contribution in [3.05, 3.63) is 210 Å². The Hall–Kier alpha value is -9.17. The fourth-order valence-corrected chi connectivity index (χ4v) is 10.4. The van der Waals surface area contributed by atoms with Crippen molar-refractivity contribution in [2.24, 2.45) is 0 Å². The number of rotatable bonds is 5. The lowest BCUT2D eigenvalue weighted by molar-refractivity contribution is -0.138. The number of benzene rings is 9.